The molecule has 1 aromatic carbocycles. The minimum absolute atomic E-state index is 0.0881. The molecule has 0 saturated carbocycles. The second-order valence-electron chi connectivity index (χ2n) is 4.79. The molecule has 2 aliphatic heterocycles. The summed E-state index contributed by atoms with van der Waals surface area (Å²) in [6, 6.07) is 4.06. The number of carbonyl (C=O) groups excluding carboxylic acids is 1. The first kappa shape index (κ1) is 11.7. The normalized spacial score (nSPS) is 20.8. The minimum Gasteiger partial charge on any atom is -0.336 e. The molecule has 0 aromatic heterocycles. The predicted molar refractivity (Wildman–Crippen MR) is 67.5 cm³/mol. The van der Waals surface area contributed by atoms with E-state index in [2.05, 4.69) is 0 Å². The second kappa shape index (κ2) is 3.80. The highest BCUT2D eigenvalue weighted by Crippen LogP contribution is 2.48. The van der Waals surface area contributed by atoms with Crippen LogP contribution in [0.1, 0.15) is 23.6 Å². The summed E-state index contributed by atoms with van der Waals surface area (Å²) in [5.41, 5.74) is 3.99. The van der Waals surface area contributed by atoms with Crippen molar-refractivity contribution < 1.29 is 14.3 Å². The Kier molecular flexibility index (Phi) is 2.47. The van der Waals surface area contributed by atoms with Gasteiger partial charge in [-0.05, 0) is 31.9 Å². The topological polar surface area (TPSA) is 38.8 Å². The molecular weight excluding hydrogens is 230 g/mol. The summed E-state index contributed by atoms with van der Waals surface area (Å²) in [6.07, 6.45) is 0. The van der Waals surface area contributed by atoms with Gasteiger partial charge in [0.2, 0.25) is 0 Å². The number of anilines is 1. The van der Waals surface area contributed by atoms with Crippen molar-refractivity contribution in [2.24, 2.45) is 0 Å². The maximum absolute atomic E-state index is 12.6. The largest absolute Gasteiger partial charge is 0.336 e. The number of hydrogen-bond acceptors (Lipinski definition) is 3. The standard InChI is InChI=1S/C14H17NO3/c1-4-15-12-10(3)6-5-9(2)11(12)14(13(15)16)17-7-8-18-14/h5-6H,4,7-8H2,1-3H3. The predicted octanol–water partition coefficient (Wildman–Crippen LogP) is 1.87. The molecular formula is C14H17NO3. The van der Waals surface area contributed by atoms with Crippen molar-refractivity contribution in [2.75, 3.05) is 24.7 Å². The second-order valence-corrected chi connectivity index (χ2v) is 4.79. The molecule has 1 fully saturated rings. The van der Waals surface area contributed by atoms with Crippen LogP contribution in [-0.4, -0.2) is 25.7 Å². The van der Waals surface area contributed by atoms with Gasteiger partial charge in [-0.2, -0.15) is 0 Å². The number of amides is 1. The molecule has 1 spiro atoms. The van der Waals surface area contributed by atoms with Crippen molar-refractivity contribution >= 4 is 11.6 Å². The van der Waals surface area contributed by atoms with Crippen LogP contribution >= 0.6 is 0 Å². The van der Waals surface area contributed by atoms with Crippen molar-refractivity contribution in [1.82, 2.24) is 0 Å². The van der Waals surface area contributed by atoms with E-state index in [0.29, 0.717) is 19.8 Å². The van der Waals surface area contributed by atoms with E-state index >= 15 is 0 Å². The van der Waals surface area contributed by atoms with Gasteiger partial charge in [0.15, 0.2) is 0 Å². The summed E-state index contributed by atoms with van der Waals surface area (Å²) < 4.78 is 11.4. The smallest absolute Gasteiger partial charge is 0.292 e. The molecule has 3 rings (SSSR count). The fraction of sp³-hybridized carbons (Fsp3) is 0.500. The lowest BCUT2D eigenvalue weighted by molar-refractivity contribution is -0.180. The summed E-state index contributed by atoms with van der Waals surface area (Å²) in [4.78, 5) is 14.4. The monoisotopic (exact) mass is 247 g/mol. The van der Waals surface area contributed by atoms with Gasteiger partial charge in [-0.1, -0.05) is 12.1 Å². The third-order valence-corrected chi connectivity index (χ3v) is 3.72. The van der Waals surface area contributed by atoms with Crippen LogP contribution in [-0.2, 0) is 20.1 Å². The summed E-state index contributed by atoms with van der Waals surface area (Å²) >= 11 is 0. The van der Waals surface area contributed by atoms with Crippen molar-refractivity contribution in [2.45, 2.75) is 26.6 Å². The highest BCUT2D eigenvalue weighted by atomic mass is 16.7. The van der Waals surface area contributed by atoms with Crippen molar-refractivity contribution in [1.29, 1.82) is 0 Å². The Hall–Kier alpha value is -1.39. The van der Waals surface area contributed by atoms with Gasteiger partial charge in [0.05, 0.1) is 18.9 Å². The van der Waals surface area contributed by atoms with Crippen molar-refractivity contribution in [3.8, 4) is 0 Å². The number of nitrogens with zero attached hydrogens (tertiary/aromatic N) is 1. The fourth-order valence-electron chi connectivity index (χ4n) is 2.93. The van der Waals surface area contributed by atoms with Gasteiger partial charge in [-0.3, -0.25) is 4.79 Å². The van der Waals surface area contributed by atoms with Crippen LogP contribution < -0.4 is 4.90 Å². The Morgan fingerprint density at radius 3 is 2.44 bits per heavy atom. The number of fused-ring (bicyclic) bond motifs is 2. The molecule has 4 nitrogen and oxygen atoms in total. The van der Waals surface area contributed by atoms with E-state index in [1.54, 1.807) is 4.90 Å². The minimum atomic E-state index is -1.18. The first-order valence-electron chi connectivity index (χ1n) is 6.32. The summed E-state index contributed by atoms with van der Waals surface area (Å²) in [7, 11) is 0. The molecule has 0 unspecified atom stereocenters. The fourth-order valence-corrected chi connectivity index (χ4v) is 2.93. The summed E-state index contributed by atoms with van der Waals surface area (Å²) in [5.74, 6) is -1.27. The molecule has 1 amide bonds. The number of ether oxygens (including phenoxy) is 2. The number of hydrogen-bond donors (Lipinski definition) is 0. The molecule has 0 N–H and O–H groups in total. The molecule has 0 radical (unpaired) electrons. The third-order valence-electron chi connectivity index (χ3n) is 3.72. The highest BCUT2D eigenvalue weighted by Gasteiger charge is 2.56. The lowest BCUT2D eigenvalue weighted by Gasteiger charge is -2.22. The van der Waals surface area contributed by atoms with E-state index in [1.165, 1.54) is 0 Å². The van der Waals surface area contributed by atoms with Crippen LogP contribution in [0.5, 0.6) is 0 Å². The molecule has 96 valence electrons. The molecule has 0 atom stereocenters. The molecule has 0 aliphatic carbocycles. The molecule has 1 aromatic rings. The van der Waals surface area contributed by atoms with Gasteiger partial charge in [-0.15, -0.1) is 0 Å². The van der Waals surface area contributed by atoms with Crippen LogP contribution in [0, 0.1) is 13.8 Å². The van der Waals surface area contributed by atoms with E-state index in [1.807, 2.05) is 32.9 Å². The summed E-state index contributed by atoms with van der Waals surface area (Å²) in [6.45, 7) is 7.55. The molecule has 18 heavy (non-hydrogen) atoms. The van der Waals surface area contributed by atoms with Crippen LogP contribution in [0.15, 0.2) is 12.1 Å². The zero-order chi connectivity index (χ0) is 12.9. The first-order chi connectivity index (χ1) is 8.62. The quantitative estimate of drug-likeness (QED) is 0.760. The number of rotatable bonds is 1. The maximum atomic E-state index is 12.6. The molecule has 0 bridgehead atoms. The SMILES string of the molecule is CCN1C(=O)C2(OCCO2)c2c(C)ccc(C)c21. The van der Waals surface area contributed by atoms with E-state index in [-0.39, 0.29) is 5.91 Å². The Balaban J connectivity index is 2.30. The Morgan fingerprint density at radius 1 is 1.22 bits per heavy atom. The zero-order valence-electron chi connectivity index (χ0n) is 10.9. The van der Waals surface area contributed by atoms with E-state index in [9.17, 15) is 4.79 Å². The Labute approximate surface area is 106 Å². The lowest BCUT2D eigenvalue weighted by Crippen LogP contribution is -2.41. The molecule has 2 aliphatic rings. The first-order valence-corrected chi connectivity index (χ1v) is 6.32. The van der Waals surface area contributed by atoms with Gasteiger partial charge >= 0.3 is 0 Å². The van der Waals surface area contributed by atoms with Crippen LogP contribution in [0.2, 0.25) is 0 Å². The Morgan fingerprint density at radius 2 is 1.83 bits per heavy atom. The Bertz CT molecular complexity index is 518. The molecule has 4 heteroatoms. The van der Waals surface area contributed by atoms with Gasteiger partial charge in [0.25, 0.3) is 11.7 Å². The van der Waals surface area contributed by atoms with Gasteiger partial charge in [0.1, 0.15) is 0 Å². The van der Waals surface area contributed by atoms with Crippen LogP contribution in [0.3, 0.4) is 0 Å². The average molecular weight is 247 g/mol. The van der Waals surface area contributed by atoms with E-state index in [4.69, 9.17) is 9.47 Å². The molecule has 1 saturated heterocycles. The number of aryl methyl sites for hydroxylation is 2. The zero-order valence-corrected chi connectivity index (χ0v) is 10.9. The third kappa shape index (κ3) is 1.25. The maximum Gasteiger partial charge on any atom is 0.292 e. The van der Waals surface area contributed by atoms with Crippen LogP contribution in [0.25, 0.3) is 0 Å². The van der Waals surface area contributed by atoms with Gasteiger partial charge < -0.3 is 14.4 Å². The van der Waals surface area contributed by atoms with Crippen molar-refractivity contribution in [3.63, 3.8) is 0 Å². The molecule has 2 heterocycles. The lowest BCUT2D eigenvalue weighted by atomic mass is 9.98. The highest BCUT2D eigenvalue weighted by molar-refractivity contribution is 6.07. The number of carbonyl (C=O) groups is 1. The van der Waals surface area contributed by atoms with E-state index < -0.39 is 5.79 Å². The van der Waals surface area contributed by atoms with Crippen LogP contribution in [0.4, 0.5) is 5.69 Å². The summed E-state index contributed by atoms with van der Waals surface area (Å²) in [5, 5.41) is 0. The van der Waals surface area contributed by atoms with Crippen molar-refractivity contribution in [3.05, 3.63) is 28.8 Å². The van der Waals surface area contributed by atoms with Gasteiger partial charge in [-0.25, -0.2) is 0 Å². The number of likely N-dealkylation sites (N-methyl/N-ethyl adjacent to an activating group) is 1. The van der Waals surface area contributed by atoms with E-state index in [0.717, 1.165) is 22.4 Å². The number of benzene rings is 1. The average Bonchev–Trinajstić information content (AvgIpc) is 2.92. The van der Waals surface area contributed by atoms with Gasteiger partial charge in [0, 0.05) is 12.1 Å².